The number of rotatable bonds is 9. The van der Waals surface area contributed by atoms with Crippen molar-refractivity contribution < 1.29 is 14.6 Å². The topological polar surface area (TPSA) is 50.7 Å². The number of methoxy groups -OCH3 is 1. The van der Waals surface area contributed by atoms with Crippen LogP contribution in [0.25, 0.3) is 0 Å². The van der Waals surface area contributed by atoms with Crippen LogP contribution in [0, 0.1) is 6.92 Å². The van der Waals surface area contributed by atoms with E-state index in [2.05, 4.69) is 24.4 Å². The molecule has 1 atom stereocenters. The summed E-state index contributed by atoms with van der Waals surface area (Å²) in [7, 11) is 1.63. The Morgan fingerprint density at radius 2 is 1.88 bits per heavy atom. The first-order valence-corrected chi connectivity index (χ1v) is 9.17. The van der Waals surface area contributed by atoms with Crippen molar-refractivity contribution in [3.8, 4) is 11.5 Å². The molecule has 25 heavy (non-hydrogen) atoms. The number of ether oxygens (including phenoxy) is 2. The van der Waals surface area contributed by atoms with Gasteiger partial charge in [0.2, 0.25) is 0 Å². The fourth-order valence-corrected chi connectivity index (χ4v) is 3.02. The maximum absolute atomic E-state index is 10.3. The summed E-state index contributed by atoms with van der Waals surface area (Å²) < 4.78 is 10.9. The van der Waals surface area contributed by atoms with Crippen molar-refractivity contribution in [3.05, 3.63) is 53.6 Å². The van der Waals surface area contributed by atoms with Crippen LogP contribution in [0.5, 0.6) is 11.5 Å². The highest BCUT2D eigenvalue weighted by molar-refractivity contribution is 7.98. The van der Waals surface area contributed by atoms with Crippen LogP contribution in [0.1, 0.15) is 17.2 Å². The summed E-state index contributed by atoms with van der Waals surface area (Å²) in [6.45, 7) is 3.73. The summed E-state index contributed by atoms with van der Waals surface area (Å²) in [4.78, 5) is 1.20. The molecule has 0 saturated carbocycles. The fourth-order valence-electron chi connectivity index (χ4n) is 2.37. The molecular formula is C19H26ClNO3S. The van der Waals surface area contributed by atoms with E-state index >= 15 is 0 Å². The number of thioether (sulfide) groups is 1. The molecule has 1 unspecified atom stereocenters. The van der Waals surface area contributed by atoms with E-state index in [1.54, 1.807) is 18.9 Å². The van der Waals surface area contributed by atoms with E-state index in [4.69, 9.17) is 9.47 Å². The minimum Gasteiger partial charge on any atom is -0.493 e. The first kappa shape index (κ1) is 21.6. The van der Waals surface area contributed by atoms with E-state index in [9.17, 15) is 5.11 Å². The van der Waals surface area contributed by atoms with Gasteiger partial charge in [-0.1, -0.05) is 24.3 Å². The molecule has 2 aromatic rings. The number of aryl methyl sites for hydroxylation is 1. The lowest BCUT2D eigenvalue weighted by atomic mass is 10.1. The Hall–Kier alpha value is -1.40. The number of benzene rings is 2. The van der Waals surface area contributed by atoms with Crippen LogP contribution in [-0.2, 0) is 0 Å². The van der Waals surface area contributed by atoms with Crippen LogP contribution in [0.4, 0.5) is 0 Å². The van der Waals surface area contributed by atoms with E-state index in [0.29, 0.717) is 19.7 Å². The number of aliphatic hydroxyl groups is 1. The van der Waals surface area contributed by atoms with Gasteiger partial charge in [-0.2, -0.15) is 0 Å². The van der Waals surface area contributed by atoms with Gasteiger partial charge in [0.25, 0.3) is 0 Å². The van der Waals surface area contributed by atoms with Crippen molar-refractivity contribution in [1.82, 2.24) is 5.32 Å². The lowest BCUT2D eigenvalue weighted by Crippen LogP contribution is -2.26. The summed E-state index contributed by atoms with van der Waals surface area (Å²) >= 11 is 1.70. The highest BCUT2D eigenvalue weighted by Gasteiger charge is 2.09. The summed E-state index contributed by atoms with van der Waals surface area (Å²) in [6.07, 6.45) is 1.52. The number of halogens is 1. The van der Waals surface area contributed by atoms with Gasteiger partial charge in [-0.3, -0.25) is 0 Å². The van der Waals surface area contributed by atoms with Crippen LogP contribution in [-0.4, -0.2) is 38.2 Å². The van der Waals surface area contributed by atoms with Crippen molar-refractivity contribution in [1.29, 1.82) is 0 Å². The van der Waals surface area contributed by atoms with Crippen molar-refractivity contribution in [2.24, 2.45) is 0 Å². The summed E-state index contributed by atoms with van der Waals surface area (Å²) in [6, 6.07) is 13.7. The Kier molecular flexibility index (Phi) is 9.75. The van der Waals surface area contributed by atoms with Gasteiger partial charge in [0, 0.05) is 18.0 Å². The number of para-hydroxylation sites is 2. The first-order valence-electron chi connectivity index (χ1n) is 7.95. The Morgan fingerprint density at radius 3 is 2.56 bits per heavy atom. The number of hydrogen-bond donors (Lipinski definition) is 2. The largest absolute Gasteiger partial charge is 0.493 e. The zero-order valence-electron chi connectivity index (χ0n) is 14.8. The van der Waals surface area contributed by atoms with Gasteiger partial charge >= 0.3 is 0 Å². The minimum absolute atomic E-state index is 0. The molecule has 6 heteroatoms. The third kappa shape index (κ3) is 6.44. The molecule has 2 N–H and O–H groups in total. The van der Waals surface area contributed by atoms with E-state index in [-0.39, 0.29) is 12.4 Å². The van der Waals surface area contributed by atoms with Gasteiger partial charge in [-0.15, -0.1) is 24.2 Å². The van der Waals surface area contributed by atoms with Crippen molar-refractivity contribution in [2.45, 2.75) is 17.9 Å². The van der Waals surface area contributed by atoms with Gasteiger partial charge in [-0.05, 0) is 42.5 Å². The van der Waals surface area contributed by atoms with Crippen molar-refractivity contribution in [3.63, 3.8) is 0 Å². The van der Waals surface area contributed by atoms with E-state index in [1.165, 1.54) is 10.5 Å². The van der Waals surface area contributed by atoms with Gasteiger partial charge in [0.15, 0.2) is 11.5 Å². The monoisotopic (exact) mass is 383 g/mol. The predicted molar refractivity (Wildman–Crippen MR) is 107 cm³/mol. The van der Waals surface area contributed by atoms with Crippen LogP contribution >= 0.6 is 24.2 Å². The van der Waals surface area contributed by atoms with E-state index < -0.39 is 6.10 Å². The van der Waals surface area contributed by atoms with Crippen LogP contribution in [0.3, 0.4) is 0 Å². The molecule has 0 radical (unpaired) electrons. The Labute approximate surface area is 160 Å². The van der Waals surface area contributed by atoms with Crippen molar-refractivity contribution in [2.75, 3.05) is 33.1 Å². The summed E-state index contributed by atoms with van der Waals surface area (Å²) in [5.74, 6) is 1.45. The molecule has 0 aliphatic carbocycles. The molecule has 0 amide bonds. The fraction of sp³-hybridized carbons (Fsp3) is 0.368. The van der Waals surface area contributed by atoms with Gasteiger partial charge in [0.05, 0.1) is 13.2 Å². The molecule has 0 spiro atoms. The molecule has 138 valence electrons. The molecule has 0 heterocycles. The third-order valence-electron chi connectivity index (χ3n) is 3.76. The Morgan fingerprint density at radius 1 is 1.16 bits per heavy atom. The summed E-state index contributed by atoms with van der Waals surface area (Å²) in [5, 5.41) is 13.5. The van der Waals surface area contributed by atoms with E-state index in [0.717, 1.165) is 17.1 Å². The maximum atomic E-state index is 10.3. The molecule has 0 aliphatic rings. The lowest BCUT2D eigenvalue weighted by molar-refractivity contribution is 0.171. The Balaban J connectivity index is 0.00000312. The average Bonchev–Trinajstić information content (AvgIpc) is 2.62. The van der Waals surface area contributed by atoms with Gasteiger partial charge < -0.3 is 19.9 Å². The normalized spacial score (nSPS) is 11.5. The molecule has 4 nitrogen and oxygen atoms in total. The van der Waals surface area contributed by atoms with Crippen molar-refractivity contribution >= 4 is 24.2 Å². The molecule has 0 bridgehead atoms. The SMILES string of the molecule is COc1ccccc1OCCNCC(O)c1ccc(C)c(SC)c1.Cl. The second-order valence-electron chi connectivity index (χ2n) is 5.45. The molecule has 0 fully saturated rings. The smallest absolute Gasteiger partial charge is 0.161 e. The van der Waals surface area contributed by atoms with Crippen LogP contribution in [0.15, 0.2) is 47.4 Å². The van der Waals surface area contributed by atoms with Crippen LogP contribution < -0.4 is 14.8 Å². The molecule has 0 aliphatic heterocycles. The zero-order valence-corrected chi connectivity index (χ0v) is 16.5. The maximum Gasteiger partial charge on any atom is 0.161 e. The molecule has 2 rings (SSSR count). The third-order valence-corrected chi connectivity index (χ3v) is 4.64. The second-order valence-corrected chi connectivity index (χ2v) is 6.30. The number of nitrogens with one attached hydrogen (secondary N) is 1. The number of aliphatic hydroxyl groups excluding tert-OH is 1. The predicted octanol–water partition coefficient (Wildman–Crippen LogP) is 3.85. The average molecular weight is 384 g/mol. The van der Waals surface area contributed by atoms with Gasteiger partial charge in [0.1, 0.15) is 6.61 Å². The standard InChI is InChI=1S/C19H25NO3S.ClH/c1-14-8-9-15(12-19(14)24-3)16(21)13-20-10-11-23-18-7-5-4-6-17(18)22-2;/h4-9,12,16,20-21H,10-11,13H2,1-3H3;1H. The second kappa shape index (κ2) is 11.3. The molecule has 0 aromatic heterocycles. The van der Waals surface area contributed by atoms with Gasteiger partial charge in [-0.25, -0.2) is 0 Å². The molecule has 2 aromatic carbocycles. The highest BCUT2D eigenvalue weighted by atomic mass is 35.5. The highest BCUT2D eigenvalue weighted by Crippen LogP contribution is 2.26. The number of hydrogen-bond acceptors (Lipinski definition) is 5. The quantitative estimate of drug-likeness (QED) is 0.508. The first-order chi connectivity index (χ1) is 11.7. The lowest BCUT2D eigenvalue weighted by Gasteiger charge is -2.15. The minimum atomic E-state index is -0.525. The van der Waals surface area contributed by atoms with Crippen LogP contribution in [0.2, 0.25) is 0 Å². The molecular weight excluding hydrogens is 358 g/mol. The molecule has 0 saturated heterocycles. The zero-order chi connectivity index (χ0) is 17.4. The Bertz CT molecular complexity index is 654. The summed E-state index contributed by atoms with van der Waals surface area (Å²) in [5.41, 5.74) is 2.17. The van der Waals surface area contributed by atoms with E-state index in [1.807, 2.05) is 36.6 Å².